The number of hydrogen-bond acceptors (Lipinski definition) is 4. The molecule has 3 rings (SSSR count). The van der Waals surface area contributed by atoms with Crippen LogP contribution in [0.1, 0.15) is 6.92 Å². The van der Waals surface area contributed by atoms with E-state index in [0.717, 1.165) is 0 Å². The first-order valence-corrected chi connectivity index (χ1v) is 8.10. The number of carbonyl (C=O) groups excluding carboxylic acids is 1. The molecule has 0 saturated heterocycles. The molecule has 0 saturated carbocycles. The van der Waals surface area contributed by atoms with E-state index < -0.39 is 6.10 Å². The van der Waals surface area contributed by atoms with Gasteiger partial charge in [0, 0.05) is 5.02 Å². The van der Waals surface area contributed by atoms with Crippen LogP contribution < -0.4 is 19.5 Å². The van der Waals surface area contributed by atoms with E-state index >= 15 is 0 Å². The van der Waals surface area contributed by atoms with E-state index in [0.29, 0.717) is 35.4 Å². The normalized spacial score (nSPS) is 18.8. The minimum Gasteiger partial charge on any atom is -0.492 e. The molecule has 1 heterocycles. The second-order valence-electron chi connectivity index (χ2n) is 5.40. The standard InChI is InChI=1S/C18H18ClNO4/c1-12-17(24-16-5-3-2-4-15(16)23-12)18(21)20-10-11-22-14-8-6-13(19)7-9-14/h2-9,12,17H,10-11H2,1H3,(H,20,21). The topological polar surface area (TPSA) is 56.8 Å². The van der Waals surface area contributed by atoms with Crippen molar-refractivity contribution < 1.29 is 19.0 Å². The van der Waals surface area contributed by atoms with Gasteiger partial charge in [-0.15, -0.1) is 0 Å². The second kappa shape index (κ2) is 7.45. The van der Waals surface area contributed by atoms with Crippen molar-refractivity contribution >= 4 is 17.5 Å². The van der Waals surface area contributed by atoms with E-state index in [1.54, 1.807) is 30.3 Å². The zero-order chi connectivity index (χ0) is 16.9. The van der Waals surface area contributed by atoms with Crippen LogP contribution in [0.5, 0.6) is 17.2 Å². The summed E-state index contributed by atoms with van der Waals surface area (Å²) < 4.78 is 17.0. The van der Waals surface area contributed by atoms with Gasteiger partial charge in [0.2, 0.25) is 6.10 Å². The van der Waals surface area contributed by atoms with Crippen LogP contribution in [0.2, 0.25) is 5.02 Å². The summed E-state index contributed by atoms with van der Waals surface area (Å²) in [5, 5.41) is 3.45. The Morgan fingerprint density at radius 2 is 1.79 bits per heavy atom. The number of para-hydroxylation sites is 2. The van der Waals surface area contributed by atoms with E-state index in [1.165, 1.54) is 0 Å². The number of amides is 1. The Hall–Kier alpha value is -2.40. The predicted molar refractivity (Wildman–Crippen MR) is 90.9 cm³/mol. The molecule has 0 spiro atoms. The molecule has 1 aliphatic heterocycles. The summed E-state index contributed by atoms with van der Waals surface area (Å²) in [6, 6.07) is 14.4. The maximum Gasteiger partial charge on any atom is 0.265 e. The summed E-state index contributed by atoms with van der Waals surface area (Å²) >= 11 is 5.81. The van der Waals surface area contributed by atoms with Gasteiger partial charge in [-0.05, 0) is 43.3 Å². The minimum absolute atomic E-state index is 0.225. The van der Waals surface area contributed by atoms with Crippen molar-refractivity contribution in [3.8, 4) is 17.2 Å². The smallest absolute Gasteiger partial charge is 0.265 e. The molecule has 24 heavy (non-hydrogen) atoms. The summed E-state index contributed by atoms with van der Waals surface area (Å²) in [6.45, 7) is 2.53. The van der Waals surface area contributed by atoms with Gasteiger partial charge >= 0.3 is 0 Å². The zero-order valence-corrected chi connectivity index (χ0v) is 14.0. The number of carbonyl (C=O) groups is 1. The molecule has 0 aromatic heterocycles. The first kappa shape index (κ1) is 16.5. The molecule has 0 radical (unpaired) electrons. The molecule has 2 unspecified atom stereocenters. The number of nitrogens with one attached hydrogen (secondary N) is 1. The highest BCUT2D eigenvalue weighted by Crippen LogP contribution is 2.33. The Morgan fingerprint density at radius 3 is 2.50 bits per heavy atom. The fraction of sp³-hybridized carbons (Fsp3) is 0.278. The first-order chi connectivity index (χ1) is 11.6. The molecule has 6 heteroatoms. The van der Waals surface area contributed by atoms with Gasteiger partial charge in [-0.3, -0.25) is 4.79 Å². The van der Waals surface area contributed by atoms with Crippen LogP contribution in [-0.4, -0.2) is 31.3 Å². The molecule has 0 fully saturated rings. The lowest BCUT2D eigenvalue weighted by Gasteiger charge is -2.31. The lowest BCUT2D eigenvalue weighted by atomic mass is 10.1. The Morgan fingerprint density at radius 1 is 1.12 bits per heavy atom. The van der Waals surface area contributed by atoms with Crippen molar-refractivity contribution in [3.63, 3.8) is 0 Å². The Bertz CT molecular complexity index is 704. The molecular weight excluding hydrogens is 330 g/mol. The molecule has 2 aromatic rings. The molecule has 2 aromatic carbocycles. The van der Waals surface area contributed by atoms with E-state index in [1.807, 2.05) is 25.1 Å². The van der Waals surface area contributed by atoms with Crippen LogP contribution >= 0.6 is 11.6 Å². The number of rotatable bonds is 5. The largest absolute Gasteiger partial charge is 0.492 e. The van der Waals surface area contributed by atoms with Gasteiger partial charge < -0.3 is 19.5 Å². The van der Waals surface area contributed by atoms with Crippen molar-refractivity contribution in [2.75, 3.05) is 13.2 Å². The molecule has 1 aliphatic rings. The molecule has 0 bridgehead atoms. The zero-order valence-electron chi connectivity index (χ0n) is 13.2. The summed E-state index contributed by atoms with van der Waals surface area (Å²) in [6.07, 6.45) is -1.05. The molecule has 126 valence electrons. The predicted octanol–water partition coefficient (Wildman–Crippen LogP) is 3.06. The van der Waals surface area contributed by atoms with Gasteiger partial charge in [-0.1, -0.05) is 23.7 Å². The van der Waals surface area contributed by atoms with Gasteiger partial charge in [-0.25, -0.2) is 0 Å². The number of hydrogen-bond donors (Lipinski definition) is 1. The third-order valence-corrected chi connectivity index (χ3v) is 3.84. The van der Waals surface area contributed by atoms with E-state index in [4.69, 9.17) is 25.8 Å². The van der Waals surface area contributed by atoms with Crippen molar-refractivity contribution in [3.05, 3.63) is 53.6 Å². The molecule has 1 amide bonds. The van der Waals surface area contributed by atoms with E-state index in [-0.39, 0.29) is 12.0 Å². The van der Waals surface area contributed by atoms with E-state index in [9.17, 15) is 4.79 Å². The van der Waals surface area contributed by atoms with E-state index in [2.05, 4.69) is 5.32 Å². The molecule has 5 nitrogen and oxygen atoms in total. The van der Waals surface area contributed by atoms with Crippen LogP contribution in [0, 0.1) is 0 Å². The van der Waals surface area contributed by atoms with Gasteiger partial charge in [0.05, 0.1) is 6.54 Å². The maximum absolute atomic E-state index is 12.3. The molecule has 2 atom stereocenters. The van der Waals surface area contributed by atoms with Gasteiger partial charge in [0.1, 0.15) is 18.5 Å². The van der Waals surface area contributed by atoms with Crippen molar-refractivity contribution in [2.45, 2.75) is 19.1 Å². The van der Waals surface area contributed by atoms with Gasteiger partial charge in [-0.2, -0.15) is 0 Å². The fourth-order valence-electron chi connectivity index (χ4n) is 2.38. The number of ether oxygens (including phenoxy) is 3. The van der Waals surface area contributed by atoms with Crippen molar-refractivity contribution in [2.24, 2.45) is 0 Å². The van der Waals surface area contributed by atoms with Crippen LogP contribution in [0.25, 0.3) is 0 Å². The maximum atomic E-state index is 12.3. The van der Waals surface area contributed by atoms with Gasteiger partial charge in [0.15, 0.2) is 11.5 Å². The number of benzene rings is 2. The van der Waals surface area contributed by atoms with Crippen LogP contribution in [0.4, 0.5) is 0 Å². The SMILES string of the molecule is CC1Oc2ccccc2OC1C(=O)NCCOc1ccc(Cl)cc1. The van der Waals surface area contributed by atoms with Crippen LogP contribution in [0.3, 0.4) is 0 Å². The van der Waals surface area contributed by atoms with Crippen molar-refractivity contribution in [1.29, 1.82) is 0 Å². The average Bonchev–Trinajstić information content (AvgIpc) is 2.59. The third-order valence-electron chi connectivity index (χ3n) is 3.58. The molecule has 0 aliphatic carbocycles. The first-order valence-electron chi connectivity index (χ1n) is 7.72. The lowest BCUT2D eigenvalue weighted by molar-refractivity contribution is -0.133. The summed E-state index contributed by atoms with van der Waals surface area (Å²) in [7, 11) is 0. The quantitative estimate of drug-likeness (QED) is 0.844. The molecular formula is C18H18ClNO4. The summed E-state index contributed by atoms with van der Waals surface area (Å²) in [5.74, 6) is 1.71. The summed E-state index contributed by atoms with van der Waals surface area (Å²) in [4.78, 5) is 12.3. The number of fused-ring (bicyclic) bond motifs is 1. The van der Waals surface area contributed by atoms with Crippen LogP contribution in [0.15, 0.2) is 48.5 Å². The fourth-order valence-corrected chi connectivity index (χ4v) is 2.51. The van der Waals surface area contributed by atoms with Gasteiger partial charge in [0.25, 0.3) is 5.91 Å². The Labute approximate surface area is 145 Å². The highest BCUT2D eigenvalue weighted by molar-refractivity contribution is 6.30. The van der Waals surface area contributed by atoms with Crippen molar-refractivity contribution in [1.82, 2.24) is 5.32 Å². The highest BCUT2D eigenvalue weighted by atomic mass is 35.5. The van der Waals surface area contributed by atoms with Crippen LogP contribution in [-0.2, 0) is 4.79 Å². The highest BCUT2D eigenvalue weighted by Gasteiger charge is 2.33. The average molecular weight is 348 g/mol. The second-order valence-corrected chi connectivity index (χ2v) is 5.84. The summed E-state index contributed by atoms with van der Waals surface area (Å²) in [5.41, 5.74) is 0. The Kier molecular flexibility index (Phi) is 5.11. The Balaban J connectivity index is 1.47. The monoisotopic (exact) mass is 347 g/mol. The molecule has 1 N–H and O–H groups in total. The lowest BCUT2D eigenvalue weighted by Crippen LogP contribution is -2.49. The number of halogens is 1. The minimum atomic E-state index is -0.685. The third kappa shape index (κ3) is 3.92.